The van der Waals surface area contributed by atoms with E-state index in [9.17, 15) is 0 Å². The maximum Gasteiger partial charge on any atom is 0.0157 e. The van der Waals surface area contributed by atoms with E-state index in [1.165, 1.54) is 64.5 Å². The zero-order valence-corrected chi connectivity index (χ0v) is 10.2. The minimum atomic E-state index is 0.196. The Balaban J connectivity index is 1.83. The Bertz CT molecular complexity index is 197. The smallest absolute Gasteiger partial charge is 0.0157 e. The number of hydrogen-bond donors (Lipinski definition) is 1. The van der Waals surface area contributed by atoms with Crippen LogP contribution in [0.15, 0.2) is 0 Å². The van der Waals surface area contributed by atoms with E-state index >= 15 is 0 Å². The number of likely N-dealkylation sites (tertiary alicyclic amines) is 1. The second-order valence-corrected chi connectivity index (χ2v) is 5.90. The Morgan fingerprint density at radius 1 is 1.20 bits per heavy atom. The lowest BCUT2D eigenvalue weighted by Gasteiger charge is -2.39. The van der Waals surface area contributed by atoms with Gasteiger partial charge in [0.15, 0.2) is 0 Å². The standard InChI is InChI=1S/C13H26N2/c1-15-9-5-6-12(11-15)10-13(14)7-3-2-4-8-13/h12H,2-11,14H2,1H3. The Labute approximate surface area is 94.2 Å². The summed E-state index contributed by atoms with van der Waals surface area (Å²) in [5, 5.41) is 0. The summed E-state index contributed by atoms with van der Waals surface area (Å²) in [7, 11) is 2.25. The van der Waals surface area contributed by atoms with Gasteiger partial charge in [0, 0.05) is 12.1 Å². The summed E-state index contributed by atoms with van der Waals surface area (Å²) < 4.78 is 0. The van der Waals surface area contributed by atoms with Crippen molar-refractivity contribution in [3.05, 3.63) is 0 Å². The monoisotopic (exact) mass is 210 g/mol. The lowest BCUT2D eigenvalue weighted by molar-refractivity contribution is 0.155. The van der Waals surface area contributed by atoms with Gasteiger partial charge in [-0.2, -0.15) is 0 Å². The largest absolute Gasteiger partial charge is 0.325 e. The Hall–Kier alpha value is -0.0800. The molecule has 2 fully saturated rings. The van der Waals surface area contributed by atoms with Gasteiger partial charge in [0.1, 0.15) is 0 Å². The van der Waals surface area contributed by atoms with Crippen molar-refractivity contribution in [1.82, 2.24) is 4.90 Å². The molecule has 0 amide bonds. The topological polar surface area (TPSA) is 29.3 Å². The van der Waals surface area contributed by atoms with E-state index in [-0.39, 0.29) is 5.54 Å². The second kappa shape index (κ2) is 4.84. The van der Waals surface area contributed by atoms with Crippen LogP contribution in [-0.4, -0.2) is 30.6 Å². The molecule has 0 radical (unpaired) electrons. The number of rotatable bonds is 2. The fourth-order valence-electron chi connectivity index (χ4n) is 3.47. The molecule has 1 aliphatic heterocycles. The average molecular weight is 210 g/mol. The van der Waals surface area contributed by atoms with E-state index in [1.807, 2.05) is 0 Å². The molecule has 2 nitrogen and oxygen atoms in total. The summed E-state index contributed by atoms with van der Waals surface area (Å²) >= 11 is 0. The molecule has 0 aromatic heterocycles. The van der Waals surface area contributed by atoms with Gasteiger partial charge in [-0.3, -0.25) is 0 Å². The molecular weight excluding hydrogens is 184 g/mol. The molecule has 0 aromatic carbocycles. The minimum Gasteiger partial charge on any atom is -0.325 e. The van der Waals surface area contributed by atoms with Crippen molar-refractivity contribution in [3.8, 4) is 0 Å². The first-order chi connectivity index (χ1) is 7.18. The van der Waals surface area contributed by atoms with Crippen LogP contribution >= 0.6 is 0 Å². The number of piperidine rings is 1. The first-order valence-electron chi connectivity index (χ1n) is 6.65. The van der Waals surface area contributed by atoms with Crippen LogP contribution in [0.4, 0.5) is 0 Å². The van der Waals surface area contributed by atoms with Crippen LogP contribution in [0.2, 0.25) is 0 Å². The van der Waals surface area contributed by atoms with Crippen LogP contribution in [0.3, 0.4) is 0 Å². The van der Waals surface area contributed by atoms with Gasteiger partial charge in [0.2, 0.25) is 0 Å². The van der Waals surface area contributed by atoms with E-state index in [0.29, 0.717) is 0 Å². The van der Waals surface area contributed by atoms with Crippen LogP contribution in [0, 0.1) is 5.92 Å². The highest BCUT2D eigenvalue weighted by molar-refractivity contribution is 4.90. The summed E-state index contributed by atoms with van der Waals surface area (Å²) in [4.78, 5) is 2.47. The molecule has 2 heteroatoms. The van der Waals surface area contributed by atoms with Crippen molar-refractivity contribution in [1.29, 1.82) is 0 Å². The molecule has 1 aliphatic carbocycles. The molecule has 0 spiro atoms. The number of hydrogen-bond acceptors (Lipinski definition) is 2. The Morgan fingerprint density at radius 2 is 1.93 bits per heavy atom. The van der Waals surface area contributed by atoms with Crippen LogP contribution in [0.5, 0.6) is 0 Å². The predicted molar refractivity (Wildman–Crippen MR) is 64.8 cm³/mol. The number of nitrogens with zero attached hydrogens (tertiary/aromatic N) is 1. The molecule has 88 valence electrons. The SMILES string of the molecule is CN1CCCC(CC2(N)CCCCC2)C1. The second-order valence-electron chi connectivity index (χ2n) is 5.90. The molecule has 15 heavy (non-hydrogen) atoms. The zero-order valence-electron chi connectivity index (χ0n) is 10.2. The van der Waals surface area contributed by atoms with Crippen molar-refractivity contribution >= 4 is 0 Å². The highest BCUT2D eigenvalue weighted by Gasteiger charge is 2.31. The third-order valence-electron chi connectivity index (χ3n) is 4.27. The summed E-state index contributed by atoms with van der Waals surface area (Å²) in [6.07, 6.45) is 10.7. The molecule has 2 N–H and O–H groups in total. The van der Waals surface area contributed by atoms with E-state index in [0.717, 1.165) is 5.92 Å². The lowest BCUT2D eigenvalue weighted by Crippen LogP contribution is -2.46. The minimum absolute atomic E-state index is 0.196. The Morgan fingerprint density at radius 3 is 2.60 bits per heavy atom. The van der Waals surface area contributed by atoms with Crippen molar-refractivity contribution in [2.24, 2.45) is 11.7 Å². The first-order valence-corrected chi connectivity index (χ1v) is 6.65. The van der Waals surface area contributed by atoms with Gasteiger partial charge in [-0.05, 0) is 51.6 Å². The van der Waals surface area contributed by atoms with E-state index in [1.54, 1.807) is 0 Å². The molecule has 0 aromatic rings. The zero-order chi connectivity index (χ0) is 10.7. The summed E-state index contributed by atoms with van der Waals surface area (Å²) in [6, 6.07) is 0. The fourth-order valence-corrected chi connectivity index (χ4v) is 3.47. The molecule has 1 heterocycles. The lowest BCUT2D eigenvalue weighted by atomic mass is 9.75. The van der Waals surface area contributed by atoms with Gasteiger partial charge >= 0.3 is 0 Å². The van der Waals surface area contributed by atoms with Crippen molar-refractivity contribution in [2.45, 2.75) is 56.9 Å². The summed E-state index contributed by atoms with van der Waals surface area (Å²) in [5.41, 5.74) is 6.71. The molecule has 0 bridgehead atoms. The van der Waals surface area contributed by atoms with Crippen molar-refractivity contribution in [2.75, 3.05) is 20.1 Å². The highest BCUT2D eigenvalue weighted by atomic mass is 15.1. The molecule has 1 atom stereocenters. The maximum absolute atomic E-state index is 6.52. The van der Waals surface area contributed by atoms with Gasteiger partial charge in [-0.25, -0.2) is 0 Å². The number of nitrogens with two attached hydrogens (primary N) is 1. The Kier molecular flexibility index (Phi) is 3.68. The summed E-state index contributed by atoms with van der Waals surface area (Å²) in [5.74, 6) is 0.867. The van der Waals surface area contributed by atoms with Crippen molar-refractivity contribution in [3.63, 3.8) is 0 Å². The average Bonchev–Trinajstić information content (AvgIpc) is 2.18. The van der Waals surface area contributed by atoms with Crippen LogP contribution in [0.1, 0.15) is 51.4 Å². The quantitative estimate of drug-likeness (QED) is 0.758. The molecule has 1 saturated carbocycles. The maximum atomic E-state index is 6.52. The van der Waals surface area contributed by atoms with Crippen molar-refractivity contribution < 1.29 is 0 Å². The third-order valence-corrected chi connectivity index (χ3v) is 4.27. The van der Waals surface area contributed by atoms with Gasteiger partial charge < -0.3 is 10.6 Å². The van der Waals surface area contributed by atoms with Crippen LogP contribution in [-0.2, 0) is 0 Å². The molecule has 1 unspecified atom stereocenters. The van der Waals surface area contributed by atoms with Gasteiger partial charge in [0.25, 0.3) is 0 Å². The third kappa shape index (κ3) is 3.18. The normalized spacial score (nSPS) is 32.8. The van der Waals surface area contributed by atoms with Crippen LogP contribution < -0.4 is 5.73 Å². The molecule has 1 saturated heterocycles. The molecule has 2 rings (SSSR count). The van der Waals surface area contributed by atoms with Gasteiger partial charge in [-0.15, -0.1) is 0 Å². The van der Waals surface area contributed by atoms with E-state index < -0.39 is 0 Å². The molecule has 2 aliphatic rings. The van der Waals surface area contributed by atoms with E-state index in [2.05, 4.69) is 11.9 Å². The van der Waals surface area contributed by atoms with Crippen LogP contribution in [0.25, 0.3) is 0 Å². The van der Waals surface area contributed by atoms with Gasteiger partial charge in [-0.1, -0.05) is 19.3 Å². The first kappa shape index (κ1) is 11.4. The van der Waals surface area contributed by atoms with E-state index in [4.69, 9.17) is 5.73 Å². The highest BCUT2D eigenvalue weighted by Crippen LogP contribution is 2.33. The summed E-state index contributed by atoms with van der Waals surface area (Å²) in [6.45, 7) is 2.56. The molecular formula is C13H26N2. The van der Waals surface area contributed by atoms with Gasteiger partial charge in [0.05, 0.1) is 0 Å². The predicted octanol–water partition coefficient (Wildman–Crippen LogP) is 2.38. The fraction of sp³-hybridized carbons (Fsp3) is 1.00.